The molecule has 0 aliphatic rings. The first-order chi connectivity index (χ1) is 3.71. The van der Waals surface area contributed by atoms with Crippen LogP contribution in [-0.2, 0) is 24.3 Å². The molecule has 56 valence electrons. The summed E-state index contributed by atoms with van der Waals surface area (Å²) in [5, 5.41) is 0. The summed E-state index contributed by atoms with van der Waals surface area (Å²) in [7, 11) is -10.2. The largest absolute Gasteiger partial charge is 1.00 e. The second-order valence-electron chi connectivity index (χ2n) is 0.930. The van der Waals surface area contributed by atoms with Crippen LogP contribution < -0.4 is 103 Å². The Morgan fingerprint density at radius 3 is 1.36 bits per heavy atom. The van der Waals surface area contributed by atoms with Crippen molar-refractivity contribution in [3.63, 3.8) is 0 Å². The Balaban J connectivity index is -0.000000320. The molecule has 0 aromatic rings. The van der Waals surface area contributed by atoms with Crippen LogP contribution in [-0.4, -0.2) is 21.7 Å². The van der Waals surface area contributed by atoms with Crippen LogP contribution in [0.3, 0.4) is 0 Å². The minimum absolute atomic E-state index is 0. The minimum Gasteiger partial charge on any atom is -0.742 e. The summed E-state index contributed by atoms with van der Waals surface area (Å²) in [4.78, 5) is 0. The molecule has 0 bridgehead atoms. The zero-order valence-electron chi connectivity index (χ0n) is 5.77. The molecule has 0 spiro atoms. The Kier molecular flexibility index (Phi) is 13.1. The summed E-state index contributed by atoms with van der Waals surface area (Å²) in [6.07, 6.45) is 0. The van der Waals surface area contributed by atoms with Gasteiger partial charge in [-0.15, -0.1) is 0 Å². The van der Waals surface area contributed by atoms with Crippen LogP contribution in [0.4, 0.5) is 0 Å². The summed E-state index contributed by atoms with van der Waals surface area (Å²) < 4.78 is 55.6. The summed E-state index contributed by atoms with van der Waals surface area (Å²) in [5.41, 5.74) is 0. The second kappa shape index (κ2) is 7.36. The van der Waals surface area contributed by atoms with E-state index in [0.29, 0.717) is 0 Å². The van der Waals surface area contributed by atoms with Gasteiger partial charge in [-0.1, -0.05) is 0 Å². The normalized spacial score (nSPS) is 15.5. The standard InChI is InChI=1S/2K.H3NO6S2/c;;1-8(2,3)7-9(4,5)6/h;;(H2,1,2,3)(H,4,5,6)/q2*+1;/p-2. The molecular formula is HK2NO6S2. The van der Waals surface area contributed by atoms with Gasteiger partial charge in [-0.3, -0.25) is 0 Å². The van der Waals surface area contributed by atoms with Gasteiger partial charge in [0.05, 0.1) is 0 Å². The average Bonchev–Trinajstić information content (AvgIpc) is 1.14. The van der Waals surface area contributed by atoms with Gasteiger partial charge in [0.15, 0.2) is 0 Å². The van der Waals surface area contributed by atoms with E-state index in [4.69, 9.17) is 4.78 Å². The van der Waals surface area contributed by atoms with Crippen LogP contribution in [0.1, 0.15) is 0 Å². The van der Waals surface area contributed by atoms with Gasteiger partial charge in [-0.25, -0.2) is 17.4 Å². The number of hydrogen-bond acceptors (Lipinski definition) is 7. The van der Waals surface area contributed by atoms with Crippen molar-refractivity contribution in [2.24, 2.45) is 0 Å². The van der Waals surface area contributed by atoms with E-state index >= 15 is 0 Å². The number of nitrogens with one attached hydrogen (secondary N) is 1. The van der Waals surface area contributed by atoms with Gasteiger partial charge in [-0.05, 0) is 0 Å². The first-order valence-electron chi connectivity index (χ1n) is 1.37. The molecule has 1 N–H and O–H groups in total. The molecular weight excluding hydrogens is 252 g/mol. The third-order valence-electron chi connectivity index (χ3n) is 0.173. The van der Waals surface area contributed by atoms with Crippen LogP contribution in [0.2, 0.25) is 0 Å². The maximum absolute atomic E-state index is 9.51. The van der Waals surface area contributed by atoms with E-state index in [0.717, 1.165) is 0 Å². The second-order valence-corrected chi connectivity index (χ2v) is 3.20. The van der Waals surface area contributed by atoms with Crippen molar-refractivity contribution in [2.75, 3.05) is 0 Å². The van der Waals surface area contributed by atoms with Crippen LogP contribution in [0.5, 0.6) is 0 Å². The van der Waals surface area contributed by atoms with E-state index in [2.05, 4.69) is 3.63 Å². The average molecular weight is 253 g/mol. The fraction of sp³-hybridized carbons (Fsp3) is 0. The van der Waals surface area contributed by atoms with Crippen molar-refractivity contribution >= 4 is 20.7 Å². The Hall–Kier alpha value is 3.05. The van der Waals surface area contributed by atoms with Gasteiger partial charge in [0.25, 0.3) is 0 Å². The van der Waals surface area contributed by atoms with Crippen molar-refractivity contribution in [2.45, 2.75) is 0 Å². The molecule has 0 fully saturated rings. The van der Waals surface area contributed by atoms with E-state index < -0.39 is 20.7 Å². The molecule has 0 saturated carbocycles. The summed E-state index contributed by atoms with van der Waals surface area (Å²) in [6.45, 7) is 0. The SMILES string of the molecule is N=S(=O)([O-])OS(=O)(=O)[O-].[K+].[K+]. The van der Waals surface area contributed by atoms with Gasteiger partial charge in [0.2, 0.25) is 10.4 Å². The molecule has 0 radical (unpaired) electrons. The Morgan fingerprint density at radius 2 is 1.36 bits per heavy atom. The monoisotopic (exact) mass is 253 g/mol. The van der Waals surface area contributed by atoms with Gasteiger partial charge in [0.1, 0.15) is 10.3 Å². The minimum atomic E-state index is -5.31. The fourth-order valence-electron chi connectivity index (χ4n) is 0.110. The van der Waals surface area contributed by atoms with Gasteiger partial charge >= 0.3 is 103 Å². The zero-order valence-corrected chi connectivity index (χ0v) is 13.6. The smallest absolute Gasteiger partial charge is 0.742 e. The molecule has 0 aliphatic carbocycles. The molecule has 0 aliphatic heterocycles. The first-order valence-corrected chi connectivity index (χ1v) is 4.11. The molecule has 7 nitrogen and oxygen atoms in total. The molecule has 0 aromatic heterocycles. The van der Waals surface area contributed by atoms with Crippen LogP contribution in [0, 0.1) is 4.78 Å². The molecule has 0 heterocycles. The van der Waals surface area contributed by atoms with E-state index in [1.165, 1.54) is 0 Å². The zero-order chi connectivity index (χ0) is 7.71. The third-order valence-corrected chi connectivity index (χ3v) is 1.56. The van der Waals surface area contributed by atoms with Crippen molar-refractivity contribution in [3.05, 3.63) is 0 Å². The maximum atomic E-state index is 9.51. The van der Waals surface area contributed by atoms with Gasteiger partial charge in [-0.2, -0.15) is 3.63 Å². The van der Waals surface area contributed by atoms with E-state index in [-0.39, 0.29) is 103 Å². The van der Waals surface area contributed by atoms with Crippen LogP contribution >= 0.6 is 0 Å². The summed E-state index contributed by atoms with van der Waals surface area (Å²) >= 11 is 0. The van der Waals surface area contributed by atoms with Gasteiger partial charge < -0.3 is 9.11 Å². The topological polar surface area (TPSA) is 130 Å². The fourth-order valence-corrected chi connectivity index (χ4v) is 0.987. The van der Waals surface area contributed by atoms with E-state index in [1.807, 2.05) is 0 Å². The van der Waals surface area contributed by atoms with E-state index in [1.54, 1.807) is 0 Å². The van der Waals surface area contributed by atoms with E-state index in [9.17, 15) is 21.7 Å². The summed E-state index contributed by atoms with van der Waals surface area (Å²) in [6, 6.07) is 0. The van der Waals surface area contributed by atoms with Crippen molar-refractivity contribution < 1.29 is 128 Å². The predicted molar refractivity (Wildman–Crippen MR) is 22.4 cm³/mol. The number of rotatable bonds is 2. The Labute approximate surface area is 149 Å². The van der Waals surface area contributed by atoms with Crippen molar-refractivity contribution in [1.82, 2.24) is 0 Å². The van der Waals surface area contributed by atoms with Gasteiger partial charge in [0, 0.05) is 0 Å². The predicted octanol–water partition coefficient (Wildman–Crippen LogP) is -7.44. The summed E-state index contributed by atoms with van der Waals surface area (Å²) in [5.74, 6) is 0. The molecule has 0 rings (SSSR count). The molecule has 11 heavy (non-hydrogen) atoms. The third kappa shape index (κ3) is 19.5. The quantitative estimate of drug-likeness (QED) is 0.295. The molecule has 11 heteroatoms. The molecule has 0 aromatic carbocycles. The van der Waals surface area contributed by atoms with Crippen molar-refractivity contribution in [3.8, 4) is 0 Å². The molecule has 0 saturated heterocycles. The maximum Gasteiger partial charge on any atom is 1.00 e. The molecule has 0 amide bonds. The van der Waals surface area contributed by atoms with Crippen LogP contribution in [0.25, 0.3) is 0 Å². The van der Waals surface area contributed by atoms with Crippen molar-refractivity contribution in [1.29, 1.82) is 4.78 Å². The molecule has 1 unspecified atom stereocenters. The first kappa shape index (κ1) is 19.6. The molecule has 1 atom stereocenters. The Bertz CT molecular complexity index is 244. The van der Waals surface area contributed by atoms with Crippen LogP contribution in [0.15, 0.2) is 0 Å². The Morgan fingerprint density at radius 1 is 1.09 bits per heavy atom. The number of hydrogen-bond donors (Lipinski definition) is 1.